The van der Waals surface area contributed by atoms with Crippen LogP contribution in [-0.4, -0.2) is 23.2 Å². The smallest absolute Gasteiger partial charge is 0.228 e. The van der Waals surface area contributed by atoms with E-state index in [0.717, 1.165) is 30.6 Å². The van der Waals surface area contributed by atoms with Crippen LogP contribution in [0.25, 0.3) is 11.4 Å². The van der Waals surface area contributed by atoms with Gasteiger partial charge in [0.15, 0.2) is 0 Å². The van der Waals surface area contributed by atoms with Crippen LogP contribution in [0.2, 0.25) is 0 Å². The van der Waals surface area contributed by atoms with Gasteiger partial charge in [-0.15, -0.1) is 0 Å². The largest absolute Gasteiger partial charge is 0.339 e. The van der Waals surface area contributed by atoms with Gasteiger partial charge in [0.1, 0.15) is 0 Å². The van der Waals surface area contributed by atoms with Crippen molar-refractivity contribution in [2.45, 2.75) is 20.3 Å². The van der Waals surface area contributed by atoms with Gasteiger partial charge in [0.2, 0.25) is 11.7 Å². The molecule has 0 atom stereocenters. The number of aryl methyl sites for hydroxylation is 1. The van der Waals surface area contributed by atoms with Crippen LogP contribution in [0.5, 0.6) is 0 Å². The lowest BCUT2D eigenvalue weighted by molar-refractivity contribution is 0.377. The summed E-state index contributed by atoms with van der Waals surface area (Å²) in [4.78, 5) is 4.40. The van der Waals surface area contributed by atoms with Crippen molar-refractivity contribution in [1.29, 1.82) is 0 Å². The summed E-state index contributed by atoms with van der Waals surface area (Å²) in [5.74, 6) is 1.36. The summed E-state index contributed by atoms with van der Waals surface area (Å²) in [6.45, 7) is 5.95. The van der Waals surface area contributed by atoms with E-state index in [-0.39, 0.29) is 0 Å². The predicted octanol–water partition coefficient (Wildman–Crippen LogP) is 2.20. The number of hydrogen-bond acceptors (Lipinski definition) is 4. The van der Waals surface area contributed by atoms with Crippen LogP contribution in [0.15, 0.2) is 28.8 Å². The summed E-state index contributed by atoms with van der Waals surface area (Å²) in [5, 5.41) is 7.24. The van der Waals surface area contributed by atoms with E-state index in [9.17, 15) is 0 Å². The van der Waals surface area contributed by atoms with E-state index < -0.39 is 0 Å². The van der Waals surface area contributed by atoms with Crippen LogP contribution < -0.4 is 5.32 Å². The van der Waals surface area contributed by atoms with E-state index in [1.54, 1.807) is 0 Å². The highest BCUT2D eigenvalue weighted by atomic mass is 16.5. The monoisotopic (exact) mass is 231 g/mol. The normalized spacial score (nSPS) is 10.7. The maximum absolute atomic E-state index is 5.22. The molecule has 2 aromatic rings. The minimum Gasteiger partial charge on any atom is -0.339 e. The Morgan fingerprint density at radius 3 is 2.88 bits per heavy atom. The van der Waals surface area contributed by atoms with Crippen LogP contribution in [0.1, 0.15) is 18.4 Å². The highest BCUT2D eigenvalue weighted by molar-refractivity contribution is 5.58. The molecule has 1 N–H and O–H groups in total. The third-order valence-electron chi connectivity index (χ3n) is 2.62. The van der Waals surface area contributed by atoms with Gasteiger partial charge in [0, 0.05) is 18.5 Å². The minimum absolute atomic E-state index is 0.676. The molecule has 1 aromatic carbocycles. The SMILES string of the molecule is CCNCCc1nc(-c2ccccc2C)no1. The number of hydrogen-bond donors (Lipinski definition) is 1. The lowest BCUT2D eigenvalue weighted by atomic mass is 10.1. The van der Waals surface area contributed by atoms with Crippen molar-refractivity contribution in [1.82, 2.24) is 15.5 Å². The first-order chi connectivity index (χ1) is 8.31. The van der Waals surface area contributed by atoms with E-state index in [4.69, 9.17) is 4.52 Å². The number of rotatable bonds is 5. The standard InChI is InChI=1S/C13H17N3O/c1-3-14-9-8-12-15-13(16-17-12)11-7-5-4-6-10(11)2/h4-7,14H,3,8-9H2,1-2H3. The molecule has 4 nitrogen and oxygen atoms in total. The van der Waals surface area contributed by atoms with Crippen LogP contribution in [0.3, 0.4) is 0 Å². The molecule has 0 amide bonds. The maximum Gasteiger partial charge on any atom is 0.228 e. The Hall–Kier alpha value is -1.68. The van der Waals surface area contributed by atoms with Gasteiger partial charge >= 0.3 is 0 Å². The molecule has 0 bridgehead atoms. The lowest BCUT2D eigenvalue weighted by Crippen LogP contribution is -2.16. The van der Waals surface area contributed by atoms with E-state index in [1.807, 2.05) is 31.2 Å². The van der Waals surface area contributed by atoms with Crippen LogP contribution in [-0.2, 0) is 6.42 Å². The Morgan fingerprint density at radius 2 is 2.12 bits per heavy atom. The Bertz CT molecular complexity index is 479. The number of aromatic nitrogens is 2. The lowest BCUT2D eigenvalue weighted by Gasteiger charge is -1.98. The average molecular weight is 231 g/mol. The molecule has 0 saturated carbocycles. The topological polar surface area (TPSA) is 51.0 Å². The first kappa shape index (κ1) is 11.8. The van der Waals surface area contributed by atoms with Crippen LogP contribution in [0.4, 0.5) is 0 Å². The Balaban J connectivity index is 2.10. The molecule has 0 aliphatic heterocycles. The number of nitrogens with zero attached hydrogens (tertiary/aromatic N) is 2. The zero-order valence-corrected chi connectivity index (χ0v) is 10.2. The van der Waals surface area contributed by atoms with E-state index >= 15 is 0 Å². The van der Waals surface area contributed by atoms with Gasteiger partial charge in [-0.05, 0) is 19.0 Å². The van der Waals surface area contributed by atoms with Crippen molar-refractivity contribution < 1.29 is 4.52 Å². The molecule has 0 unspecified atom stereocenters. The first-order valence-corrected chi connectivity index (χ1v) is 5.90. The molecule has 4 heteroatoms. The van der Waals surface area contributed by atoms with Crippen molar-refractivity contribution in [3.63, 3.8) is 0 Å². The maximum atomic E-state index is 5.22. The summed E-state index contributed by atoms with van der Waals surface area (Å²) in [6, 6.07) is 8.04. The summed E-state index contributed by atoms with van der Waals surface area (Å²) in [5.41, 5.74) is 2.19. The molecule has 17 heavy (non-hydrogen) atoms. The van der Waals surface area contributed by atoms with Crippen molar-refractivity contribution in [2.75, 3.05) is 13.1 Å². The van der Waals surface area contributed by atoms with Gasteiger partial charge < -0.3 is 9.84 Å². The predicted molar refractivity (Wildman–Crippen MR) is 66.7 cm³/mol. The van der Waals surface area contributed by atoms with Crippen molar-refractivity contribution in [3.05, 3.63) is 35.7 Å². The highest BCUT2D eigenvalue weighted by Gasteiger charge is 2.09. The molecule has 1 aromatic heterocycles. The van der Waals surface area contributed by atoms with Crippen molar-refractivity contribution in [3.8, 4) is 11.4 Å². The Kier molecular flexibility index (Phi) is 3.88. The average Bonchev–Trinajstić information content (AvgIpc) is 2.79. The van der Waals surface area contributed by atoms with Gasteiger partial charge in [-0.1, -0.05) is 36.3 Å². The molecule has 90 valence electrons. The van der Waals surface area contributed by atoms with Crippen molar-refractivity contribution >= 4 is 0 Å². The molecule has 0 spiro atoms. The molecule has 2 rings (SSSR count). The quantitative estimate of drug-likeness (QED) is 0.801. The molecule has 0 aliphatic rings. The van der Waals surface area contributed by atoms with Gasteiger partial charge in [0.25, 0.3) is 0 Å². The number of benzene rings is 1. The Morgan fingerprint density at radius 1 is 1.29 bits per heavy atom. The summed E-state index contributed by atoms with van der Waals surface area (Å²) in [7, 11) is 0. The first-order valence-electron chi connectivity index (χ1n) is 5.90. The second-order valence-electron chi connectivity index (χ2n) is 3.93. The fraction of sp³-hybridized carbons (Fsp3) is 0.385. The van der Waals surface area contributed by atoms with Crippen LogP contribution >= 0.6 is 0 Å². The summed E-state index contributed by atoms with van der Waals surface area (Å²) >= 11 is 0. The molecule has 0 radical (unpaired) electrons. The van der Waals surface area contributed by atoms with Crippen molar-refractivity contribution in [2.24, 2.45) is 0 Å². The highest BCUT2D eigenvalue weighted by Crippen LogP contribution is 2.19. The Labute approximate surface area is 101 Å². The molecule has 0 fully saturated rings. The van der Waals surface area contributed by atoms with Gasteiger partial charge in [0.05, 0.1) is 0 Å². The van der Waals surface area contributed by atoms with E-state index in [1.165, 1.54) is 0 Å². The molecule has 0 aliphatic carbocycles. The molecular weight excluding hydrogens is 214 g/mol. The van der Waals surface area contributed by atoms with Crippen LogP contribution in [0, 0.1) is 6.92 Å². The van der Waals surface area contributed by atoms with E-state index in [0.29, 0.717) is 11.7 Å². The summed E-state index contributed by atoms with van der Waals surface area (Å²) < 4.78 is 5.22. The van der Waals surface area contributed by atoms with Gasteiger partial charge in [-0.25, -0.2) is 0 Å². The second kappa shape index (κ2) is 5.59. The number of likely N-dealkylation sites (N-methyl/N-ethyl adjacent to an activating group) is 1. The fourth-order valence-corrected chi connectivity index (χ4v) is 1.66. The van der Waals surface area contributed by atoms with E-state index in [2.05, 4.69) is 22.4 Å². The second-order valence-corrected chi connectivity index (χ2v) is 3.93. The number of nitrogens with one attached hydrogen (secondary N) is 1. The summed E-state index contributed by atoms with van der Waals surface area (Å²) in [6.07, 6.45) is 0.771. The molecule has 1 heterocycles. The molecular formula is C13H17N3O. The minimum atomic E-state index is 0.676. The van der Waals surface area contributed by atoms with Gasteiger partial charge in [-0.2, -0.15) is 4.98 Å². The van der Waals surface area contributed by atoms with Gasteiger partial charge in [-0.3, -0.25) is 0 Å². The molecule has 0 saturated heterocycles. The third-order valence-corrected chi connectivity index (χ3v) is 2.62. The zero-order chi connectivity index (χ0) is 12.1. The fourth-order valence-electron chi connectivity index (χ4n) is 1.66. The zero-order valence-electron chi connectivity index (χ0n) is 10.2. The third kappa shape index (κ3) is 2.91.